The molecule has 6 heteroatoms. The Hall–Kier alpha value is -1.84. The second kappa shape index (κ2) is 8.29. The van der Waals surface area contributed by atoms with Gasteiger partial charge >= 0.3 is 0 Å². The standard InChI is InChI=1S/C13H16N2O3S/c1-2-6-14-11(17)9-15-13(18)12-10(4-3-7-16)5-8-19-12/h5,8,16H,2,6-7,9H2,1H3,(H,14,17)(H,15,18). The predicted molar refractivity (Wildman–Crippen MR) is 73.9 cm³/mol. The van der Waals surface area contributed by atoms with Gasteiger partial charge in [0.2, 0.25) is 5.91 Å². The van der Waals surface area contributed by atoms with E-state index in [-0.39, 0.29) is 25.0 Å². The summed E-state index contributed by atoms with van der Waals surface area (Å²) in [6, 6.07) is 1.71. The Morgan fingerprint density at radius 1 is 1.42 bits per heavy atom. The molecule has 0 spiro atoms. The SMILES string of the molecule is CCCNC(=O)CNC(=O)c1sccc1C#CCO. The Labute approximate surface area is 116 Å². The zero-order valence-corrected chi connectivity index (χ0v) is 11.5. The van der Waals surface area contributed by atoms with Crippen LogP contribution in [-0.4, -0.2) is 36.6 Å². The number of aliphatic hydroxyl groups is 1. The molecule has 1 rings (SSSR count). The first kappa shape index (κ1) is 15.2. The third kappa shape index (κ3) is 5.12. The number of aliphatic hydroxyl groups excluding tert-OH is 1. The van der Waals surface area contributed by atoms with Crippen molar-refractivity contribution in [2.24, 2.45) is 0 Å². The van der Waals surface area contributed by atoms with Crippen molar-refractivity contribution in [2.75, 3.05) is 19.7 Å². The van der Waals surface area contributed by atoms with Gasteiger partial charge in [0, 0.05) is 12.1 Å². The minimum absolute atomic E-state index is 0.0520. The first-order chi connectivity index (χ1) is 9.19. The maximum absolute atomic E-state index is 11.9. The number of rotatable bonds is 5. The molecule has 0 radical (unpaired) electrons. The Kier molecular flexibility index (Phi) is 6.64. The molecule has 0 aliphatic heterocycles. The van der Waals surface area contributed by atoms with Crippen LogP contribution in [0.5, 0.6) is 0 Å². The van der Waals surface area contributed by atoms with E-state index in [0.717, 1.165) is 6.42 Å². The van der Waals surface area contributed by atoms with Crippen molar-refractivity contribution in [2.45, 2.75) is 13.3 Å². The lowest BCUT2D eigenvalue weighted by molar-refractivity contribution is -0.120. The molecule has 0 saturated carbocycles. The van der Waals surface area contributed by atoms with E-state index in [9.17, 15) is 9.59 Å². The normalized spacial score (nSPS) is 9.37. The zero-order chi connectivity index (χ0) is 14.1. The van der Waals surface area contributed by atoms with Crippen molar-refractivity contribution in [3.63, 3.8) is 0 Å². The number of hydrogen-bond acceptors (Lipinski definition) is 4. The van der Waals surface area contributed by atoms with Crippen LogP contribution in [0.2, 0.25) is 0 Å². The first-order valence-electron chi connectivity index (χ1n) is 5.91. The maximum Gasteiger partial charge on any atom is 0.263 e. The first-order valence-corrected chi connectivity index (χ1v) is 6.79. The molecule has 19 heavy (non-hydrogen) atoms. The van der Waals surface area contributed by atoms with E-state index < -0.39 is 0 Å². The quantitative estimate of drug-likeness (QED) is 0.681. The highest BCUT2D eigenvalue weighted by Crippen LogP contribution is 2.15. The summed E-state index contributed by atoms with van der Waals surface area (Å²) in [4.78, 5) is 23.7. The fraction of sp³-hybridized carbons (Fsp3) is 0.385. The van der Waals surface area contributed by atoms with Crippen LogP contribution in [0.1, 0.15) is 28.6 Å². The van der Waals surface area contributed by atoms with Gasteiger partial charge in [0.25, 0.3) is 5.91 Å². The lowest BCUT2D eigenvalue weighted by Crippen LogP contribution is -2.37. The van der Waals surface area contributed by atoms with Crippen molar-refractivity contribution < 1.29 is 14.7 Å². The Morgan fingerprint density at radius 3 is 2.89 bits per heavy atom. The van der Waals surface area contributed by atoms with Gasteiger partial charge in [-0.2, -0.15) is 0 Å². The molecule has 1 aromatic rings. The monoisotopic (exact) mass is 280 g/mol. The Balaban J connectivity index is 2.54. The van der Waals surface area contributed by atoms with Crippen molar-refractivity contribution in [1.29, 1.82) is 0 Å². The van der Waals surface area contributed by atoms with Crippen molar-refractivity contribution in [3.8, 4) is 11.8 Å². The van der Waals surface area contributed by atoms with Gasteiger partial charge in [0.1, 0.15) is 11.5 Å². The van der Waals surface area contributed by atoms with Crippen LogP contribution in [-0.2, 0) is 4.79 Å². The highest BCUT2D eigenvalue weighted by Gasteiger charge is 2.12. The molecule has 0 bridgehead atoms. The van der Waals surface area contributed by atoms with Gasteiger partial charge in [-0.05, 0) is 17.9 Å². The van der Waals surface area contributed by atoms with Gasteiger partial charge in [-0.25, -0.2) is 0 Å². The maximum atomic E-state index is 11.9. The highest BCUT2D eigenvalue weighted by atomic mass is 32.1. The van der Waals surface area contributed by atoms with Gasteiger partial charge in [-0.15, -0.1) is 11.3 Å². The molecule has 0 aliphatic rings. The molecule has 0 saturated heterocycles. The lowest BCUT2D eigenvalue weighted by atomic mass is 10.2. The number of thiophene rings is 1. The number of amides is 2. The van der Waals surface area contributed by atoms with E-state index in [4.69, 9.17) is 5.11 Å². The minimum Gasteiger partial charge on any atom is -0.384 e. The predicted octanol–water partition coefficient (Wildman–Crippen LogP) is 0.348. The number of carbonyl (C=O) groups is 2. The third-order valence-electron chi connectivity index (χ3n) is 2.16. The second-order valence-electron chi connectivity index (χ2n) is 3.66. The Bertz CT molecular complexity index is 499. The van der Waals surface area contributed by atoms with E-state index in [0.29, 0.717) is 17.0 Å². The van der Waals surface area contributed by atoms with Crippen LogP contribution in [0.25, 0.3) is 0 Å². The largest absolute Gasteiger partial charge is 0.384 e. The van der Waals surface area contributed by atoms with E-state index in [1.165, 1.54) is 11.3 Å². The van der Waals surface area contributed by atoms with Gasteiger partial charge in [0.15, 0.2) is 0 Å². The van der Waals surface area contributed by atoms with Crippen LogP contribution < -0.4 is 10.6 Å². The molecule has 0 unspecified atom stereocenters. The summed E-state index contributed by atoms with van der Waals surface area (Å²) in [6.45, 7) is 2.25. The summed E-state index contributed by atoms with van der Waals surface area (Å²) in [5.41, 5.74) is 0.561. The van der Waals surface area contributed by atoms with Gasteiger partial charge < -0.3 is 15.7 Å². The topological polar surface area (TPSA) is 78.4 Å². The number of nitrogens with one attached hydrogen (secondary N) is 2. The minimum atomic E-state index is -0.330. The molecule has 102 valence electrons. The molecule has 2 amide bonds. The fourth-order valence-electron chi connectivity index (χ4n) is 1.29. The lowest BCUT2D eigenvalue weighted by Gasteiger charge is -2.05. The number of carbonyl (C=O) groups excluding carboxylic acids is 2. The molecular weight excluding hydrogens is 264 g/mol. The molecule has 0 aromatic carbocycles. The summed E-state index contributed by atoms with van der Waals surface area (Å²) >= 11 is 1.25. The molecule has 0 aliphatic carbocycles. The summed E-state index contributed by atoms with van der Waals surface area (Å²) in [5, 5.41) is 15.6. The van der Waals surface area contributed by atoms with E-state index in [1.807, 2.05) is 6.92 Å². The van der Waals surface area contributed by atoms with Crippen LogP contribution in [0.3, 0.4) is 0 Å². The molecule has 1 aromatic heterocycles. The molecule has 0 fully saturated rings. The van der Waals surface area contributed by atoms with Gasteiger partial charge in [0.05, 0.1) is 6.54 Å². The smallest absolute Gasteiger partial charge is 0.263 e. The van der Waals surface area contributed by atoms with Crippen LogP contribution in [0, 0.1) is 11.8 Å². The molecule has 0 atom stereocenters. The van der Waals surface area contributed by atoms with Crippen LogP contribution in [0.15, 0.2) is 11.4 Å². The molecule has 3 N–H and O–H groups in total. The summed E-state index contributed by atoms with van der Waals surface area (Å²) in [6.07, 6.45) is 0.853. The van der Waals surface area contributed by atoms with E-state index in [1.54, 1.807) is 11.4 Å². The zero-order valence-electron chi connectivity index (χ0n) is 10.7. The summed E-state index contributed by atoms with van der Waals surface area (Å²) in [5.74, 6) is 4.64. The van der Waals surface area contributed by atoms with Crippen LogP contribution >= 0.6 is 11.3 Å². The number of hydrogen-bond donors (Lipinski definition) is 3. The second-order valence-corrected chi connectivity index (χ2v) is 4.57. The molecule has 5 nitrogen and oxygen atoms in total. The highest BCUT2D eigenvalue weighted by molar-refractivity contribution is 7.12. The van der Waals surface area contributed by atoms with Crippen molar-refractivity contribution in [3.05, 3.63) is 21.9 Å². The average Bonchev–Trinajstić information content (AvgIpc) is 2.88. The van der Waals surface area contributed by atoms with Crippen molar-refractivity contribution >= 4 is 23.2 Å². The summed E-state index contributed by atoms with van der Waals surface area (Å²) < 4.78 is 0. The third-order valence-corrected chi connectivity index (χ3v) is 3.07. The average molecular weight is 280 g/mol. The van der Waals surface area contributed by atoms with E-state index in [2.05, 4.69) is 22.5 Å². The van der Waals surface area contributed by atoms with Crippen molar-refractivity contribution in [1.82, 2.24) is 10.6 Å². The van der Waals surface area contributed by atoms with Gasteiger partial charge in [-0.1, -0.05) is 18.8 Å². The van der Waals surface area contributed by atoms with E-state index >= 15 is 0 Å². The fourth-order valence-corrected chi connectivity index (χ4v) is 2.05. The van der Waals surface area contributed by atoms with Crippen LogP contribution in [0.4, 0.5) is 0 Å². The molecular formula is C13H16N2O3S. The van der Waals surface area contributed by atoms with Gasteiger partial charge in [-0.3, -0.25) is 9.59 Å². The Morgan fingerprint density at radius 2 is 2.21 bits per heavy atom. The molecule has 1 heterocycles. The summed E-state index contributed by atoms with van der Waals surface area (Å²) in [7, 11) is 0.